The molecular weight excluding hydrogens is 298 g/mol. The van der Waals surface area contributed by atoms with Crippen molar-refractivity contribution in [3.05, 3.63) is 0 Å². The first-order chi connectivity index (χ1) is 10.6. The van der Waals surface area contributed by atoms with E-state index in [0.717, 1.165) is 38.7 Å². The van der Waals surface area contributed by atoms with E-state index in [4.69, 9.17) is 4.74 Å². The minimum absolute atomic E-state index is 0.126. The molecule has 3 aliphatic carbocycles. The van der Waals surface area contributed by atoms with Gasteiger partial charge in [-0.3, -0.25) is 0 Å². The fraction of sp³-hybridized carbons (Fsp3) is 1.00. The minimum Gasteiger partial charge on any atom is -0.377 e. The van der Waals surface area contributed by atoms with Gasteiger partial charge in [-0.2, -0.15) is 0 Å². The summed E-state index contributed by atoms with van der Waals surface area (Å²) in [6, 6.07) is 0.149. The van der Waals surface area contributed by atoms with Crippen molar-refractivity contribution in [2.75, 3.05) is 12.4 Å². The van der Waals surface area contributed by atoms with E-state index in [1.54, 1.807) is 0 Å². The van der Waals surface area contributed by atoms with Crippen molar-refractivity contribution in [2.24, 2.45) is 17.3 Å². The number of sulfonamides is 1. The quantitative estimate of drug-likeness (QED) is 0.864. The van der Waals surface area contributed by atoms with Crippen LogP contribution in [0.25, 0.3) is 0 Å². The maximum absolute atomic E-state index is 12.7. The predicted octanol–water partition coefficient (Wildman–Crippen LogP) is 2.83. The molecule has 4 aliphatic rings. The molecule has 0 bridgehead atoms. The predicted molar refractivity (Wildman–Crippen MR) is 86.0 cm³/mol. The van der Waals surface area contributed by atoms with Crippen molar-refractivity contribution in [3.63, 3.8) is 0 Å². The Labute approximate surface area is 134 Å². The third-order valence-electron chi connectivity index (χ3n) is 6.77. The molecule has 3 atom stereocenters. The summed E-state index contributed by atoms with van der Waals surface area (Å²) in [5.74, 6) is 1.15. The van der Waals surface area contributed by atoms with E-state index in [2.05, 4.69) is 4.72 Å². The van der Waals surface area contributed by atoms with Crippen LogP contribution in [0.3, 0.4) is 0 Å². The lowest BCUT2D eigenvalue weighted by Gasteiger charge is -2.56. The molecule has 1 saturated heterocycles. The highest BCUT2D eigenvalue weighted by molar-refractivity contribution is 7.89. The van der Waals surface area contributed by atoms with E-state index >= 15 is 0 Å². The van der Waals surface area contributed by atoms with Gasteiger partial charge in [0.15, 0.2) is 0 Å². The third kappa shape index (κ3) is 2.53. The van der Waals surface area contributed by atoms with Gasteiger partial charge in [0.2, 0.25) is 10.0 Å². The normalized spacial score (nSPS) is 38.1. The summed E-state index contributed by atoms with van der Waals surface area (Å²) in [5, 5.41) is 0. The molecule has 1 heterocycles. The van der Waals surface area contributed by atoms with Gasteiger partial charge in [-0.05, 0) is 38.0 Å². The van der Waals surface area contributed by atoms with Gasteiger partial charge < -0.3 is 4.74 Å². The topological polar surface area (TPSA) is 55.4 Å². The maximum atomic E-state index is 12.7. The van der Waals surface area contributed by atoms with Crippen LogP contribution in [0.5, 0.6) is 0 Å². The summed E-state index contributed by atoms with van der Waals surface area (Å²) < 4.78 is 34.4. The molecule has 0 amide bonds. The highest BCUT2D eigenvalue weighted by Gasteiger charge is 2.65. The van der Waals surface area contributed by atoms with Crippen molar-refractivity contribution in [1.29, 1.82) is 0 Å². The van der Waals surface area contributed by atoms with Gasteiger partial charge in [-0.25, -0.2) is 13.1 Å². The number of fused-ring (bicyclic) bond motifs is 2. The highest BCUT2D eigenvalue weighted by atomic mass is 32.2. The Balaban J connectivity index is 1.44. The molecule has 4 rings (SSSR count). The average molecular weight is 327 g/mol. The number of hydrogen-bond donors (Lipinski definition) is 1. The summed E-state index contributed by atoms with van der Waals surface area (Å²) >= 11 is 0. The summed E-state index contributed by atoms with van der Waals surface area (Å²) in [6.07, 6.45) is 12.0. The molecule has 5 heteroatoms. The SMILES string of the molecule is O=S(=O)(CC1CCCCC1)N[C@@H]1[C@H]2CCO[C@H]2C12CCCC2. The van der Waals surface area contributed by atoms with Crippen molar-refractivity contribution in [1.82, 2.24) is 4.72 Å². The second-order valence-electron chi connectivity index (χ2n) is 8.07. The van der Waals surface area contributed by atoms with Crippen LogP contribution in [-0.4, -0.2) is 32.9 Å². The van der Waals surface area contributed by atoms with E-state index in [0.29, 0.717) is 23.7 Å². The molecule has 1 aliphatic heterocycles. The summed E-state index contributed by atoms with van der Waals surface area (Å²) in [7, 11) is -3.15. The summed E-state index contributed by atoms with van der Waals surface area (Å²) in [4.78, 5) is 0. The standard InChI is InChI=1S/C17H29NO3S/c19-22(20,12-13-6-2-1-3-7-13)18-15-14-8-11-21-16(14)17(15)9-4-5-10-17/h13-16,18H,1-12H2/t14-,15-,16-/m1/s1. The van der Waals surface area contributed by atoms with E-state index in [1.165, 1.54) is 32.1 Å². The zero-order valence-electron chi connectivity index (χ0n) is 13.4. The van der Waals surface area contributed by atoms with Crippen molar-refractivity contribution >= 4 is 10.0 Å². The van der Waals surface area contributed by atoms with Gasteiger partial charge in [-0.1, -0.05) is 32.1 Å². The van der Waals surface area contributed by atoms with E-state index in [-0.39, 0.29) is 11.5 Å². The minimum atomic E-state index is -3.15. The van der Waals surface area contributed by atoms with Crippen molar-refractivity contribution in [2.45, 2.75) is 76.4 Å². The van der Waals surface area contributed by atoms with Crippen LogP contribution < -0.4 is 4.72 Å². The zero-order valence-corrected chi connectivity index (χ0v) is 14.2. The number of ether oxygens (including phenoxy) is 1. The van der Waals surface area contributed by atoms with Crippen molar-refractivity contribution < 1.29 is 13.2 Å². The van der Waals surface area contributed by atoms with Gasteiger partial charge in [0.25, 0.3) is 0 Å². The molecule has 4 nitrogen and oxygen atoms in total. The molecule has 0 aromatic rings. The Morgan fingerprint density at radius 3 is 2.45 bits per heavy atom. The fourth-order valence-corrected chi connectivity index (χ4v) is 7.61. The summed E-state index contributed by atoms with van der Waals surface area (Å²) in [5.41, 5.74) is 0.126. The second kappa shape index (κ2) is 5.75. The molecule has 3 saturated carbocycles. The molecule has 0 aromatic heterocycles. The van der Waals surface area contributed by atoms with Gasteiger partial charge >= 0.3 is 0 Å². The molecule has 126 valence electrons. The van der Waals surface area contributed by atoms with E-state index < -0.39 is 10.0 Å². The molecule has 0 radical (unpaired) electrons. The maximum Gasteiger partial charge on any atom is 0.212 e. The molecular formula is C17H29NO3S. The van der Waals surface area contributed by atoms with Crippen LogP contribution in [-0.2, 0) is 14.8 Å². The number of nitrogens with one attached hydrogen (secondary N) is 1. The molecule has 4 fully saturated rings. The van der Waals surface area contributed by atoms with Crippen LogP contribution in [0.4, 0.5) is 0 Å². The summed E-state index contributed by atoms with van der Waals surface area (Å²) in [6.45, 7) is 0.817. The van der Waals surface area contributed by atoms with Gasteiger partial charge in [-0.15, -0.1) is 0 Å². The largest absolute Gasteiger partial charge is 0.377 e. The average Bonchev–Trinajstić information content (AvgIpc) is 3.14. The smallest absolute Gasteiger partial charge is 0.212 e. The molecule has 22 heavy (non-hydrogen) atoms. The first-order valence-electron chi connectivity index (χ1n) is 9.22. The lowest BCUT2D eigenvalue weighted by Crippen LogP contribution is -2.68. The molecule has 0 aromatic carbocycles. The Bertz CT molecular complexity index is 506. The van der Waals surface area contributed by atoms with Crippen LogP contribution in [0.2, 0.25) is 0 Å². The van der Waals surface area contributed by atoms with E-state index in [1.807, 2.05) is 0 Å². The number of rotatable bonds is 4. The second-order valence-corrected chi connectivity index (χ2v) is 9.86. The number of hydrogen-bond acceptors (Lipinski definition) is 3. The lowest BCUT2D eigenvalue weighted by molar-refractivity contribution is -0.123. The Morgan fingerprint density at radius 1 is 1.00 bits per heavy atom. The van der Waals surface area contributed by atoms with Crippen LogP contribution in [0.1, 0.15) is 64.2 Å². The lowest BCUT2D eigenvalue weighted by atomic mass is 9.55. The van der Waals surface area contributed by atoms with Crippen LogP contribution in [0, 0.1) is 17.3 Å². The third-order valence-corrected chi connectivity index (χ3v) is 8.30. The van der Waals surface area contributed by atoms with Gasteiger partial charge in [0, 0.05) is 24.0 Å². The highest BCUT2D eigenvalue weighted by Crippen LogP contribution is 2.60. The molecule has 0 unspecified atom stereocenters. The first kappa shape index (κ1) is 15.4. The Kier molecular flexibility index (Phi) is 4.02. The van der Waals surface area contributed by atoms with Crippen molar-refractivity contribution in [3.8, 4) is 0 Å². The fourth-order valence-electron chi connectivity index (χ4n) is 5.76. The Morgan fingerprint density at radius 2 is 1.73 bits per heavy atom. The van der Waals surface area contributed by atoms with Gasteiger partial charge in [0.05, 0.1) is 11.9 Å². The first-order valence-corrected chi connectivity index (χ1v) is 10.9. The monoisotopic (exact) mass is 327 g/mol. The van der Waals surface area contributed by atoms with Crippen LogP contribution in [0.15, 0.2) is 0 Å². The molecule has 1 spiro atoms. The Hall–Kier alpha value is -0.130. The van der Waals surface area contributed by atoms with Gasteiger partial charge in [0.1, 0.15) is 0 Å². The van der Waals surface area contributed by atoms with Crippen LogP contribution >= 0.6 is 0 Å². The van der Waals surface area contributed by atoms with E-state index in [9.17, 15) is 8.42 Å². The zero-order chi connectivity index (χ0) is 15.2. The molecule has 1 N–H and O–H groups in total.